The fourth-order valence-electron chi connectivity index (χ4n) is 0.858. The van der Waals surface area contributed by atoms with Crippen LogP contribution in [0.3, 0.4) is 0 Å². The third-order valence-electron chi connectivity index (χ3n) is 1.56. The highest BCUT2D eigenvalue weighted by Gasteiger charge is 2.15. The Morgan fingerprint density at radius 2 is 2.15 bits per heavy atom. The lowest BCUT2D eigenvalue weighted by Gasteiger charge is -2.08. The summed E-state index contributed by atoms with van der Waals surface area (Å²) in [5.41, 5.74) is 5.69. The van der Waals surface area contributed by atoms with Gasteiger partial charge in [-0.05, 0) is 12.1 Å². The molecular weight excluding hydrogens is 198 g/mol. The number of alkyl halides is 2. The van der Waals surface area contributed by atoms with Gasteiger partial charge in [0.2, 0.25) is 0 Å². The van der Waals surface area contributed by atoms with Gasteiger partial charge in [0.25, 0.3) is 6.43 Å². The molecule has 0 saturated carbocycles. The normalized spacial score (nSPS) is 13.3. The number of nitrogens with two attached hydrogens (primary N) is 1. The molecule has 0 aliphatic rings. The van der Waals surface area contributed by atoms with Crippen molar-refractivity contribution in [3.05, 3.63) is 29.0 Å². The van der Waals surface area contributed by atoms with Gasteiger partial charge >= 0.3 is 0 Å². The van der Waals surface area contributed by atoms with E-state index in [1.165, 1.54) is 6.20 Å². The van der Waals surface area contributed by atoms with Gasteiger partial charge < -0.3 is 5.73 Å². The van der Waals surface area contributed by atoms with Gasteiger partial charge in [0, 0.05) is 18.3 Å². The topological polar surface area (TPSA) is 38.9 Å². The highest BCUT2D eigenvalue weighted by molar-refractivity contribution is 6.30. The molecule has 0 radical (unpaired) electrons. The Kier molecular flexibility index (Phi) is 3.57. The third-order valence-corrected chi connectivity index (χ3v) is 1.78. The lowest BCUT2D eigenvalue weighted by Crippen LogP contribution is -2.31. The molecule has 72 valence electrons. The Hall–Kier alpha value is -0.740. The fourth-order valence-corrected chi connectivity index (χ4v) is 0.970. The molecule has 2 nitrogen and oxygen atoms in total. The molecule has 0 aliphatic heterocycles. The first-order valence-electron chi connectivity index (χ1n) is 3.74. The number of aromatic nitrogens is 1. The van der Waals surface area contributed by atoms with Crippen molar-refractivity contribution in [3.8, 4) is 0 Å². The van der Waals surface area contributed by atoms with Crippen molar-refractivity contribution in [2.24, 2.45) is 5.73 Å². The van der Waals surface area contributed by atoms with E-state index in [2.05, 4.69) is 4.98 Å². The zero-order chi connectivity index (χ0) is 9.84. The van der Waals surface area contributed by atoms with Crippen molar-refractivity contribution in [1.29, 1.82) is 0 Å². The molecule has 0 fully saturated rings. The molecular formula is C8H9ClF2N2. The zero-order valence-corrected chi connectivity index (χ0v) is 7.51. The average Bonchev–Trinajstić information content (AvgIpc) is 2.08. The zero-order valence-electron chi connectivity index (χ0n) is 6.75. The highest BCUT2D eigenvalue weighted by Crippen LogP contribution is 2.09. The van der Waals surface area contributed by atoms with E-state index in [1.807, 2.05) is 0 Å². The summed E-state index contributed by atoms with van der Waals surface area (Å²) >= 11 is 5.57. The summed E-state index contributed by atoms with van der Waals surface area (Å²) in [6.45, 7) is 0. The van der Waals surface area contributed by atoms with Crippen molar-refractivity contribution in [2.75, 3.05) is 0 Å². The van der Waals surface area contributed by atoms with Crippen LogP contribution in [0.4, 0.5) is 8.78 Å². The molecule has 13 heavy (non-hydrogen) atoms. The van der Waals surface area contributed by atoms with Crippen molar-refractivity contribution < 1.29 is 8.78 Å². The molecule has 1 atom stereocenters. The number of pyridine rings is 1. The monoisotopic (exact) mass is 206 g/mol. The summed E-state index contributed by atoms with van der Waals surface area (Å²) < 4.78 is 24.0. The average molecular weight is 207 g/mol. The van der Waals surface area contributed by atoms with Gasteiger partial charge in [-0.25, -0.2) is 8.78 Å². The lowest BCUT2D eigenvalue weighted by atomic mass is 10.1. The van der Waals surface area contributed by atoms with E-state index in [1.54, 1.807) is 12.1 Å². The standard InChI is InChI=1S/C8H9ClF2N2/c9-5-1-2-6(13-4-5)3-7(12)8(10)11/h1-2,4,7-8H,3,12H2. The first kappa shape index (κ1) is 10.3. The maximum atomic E-state index is 12.0. The number of nitrogens with zero attached hydrogens (tertiary/aromatic N) is 1. The van der Waals surface area contributed by atoms with Crippen molar-refractivity contribution in [3.63, 3.8) is 0 Å². The second kappa shape index (κ2) is 4.48. The molecule has 0 aromatic carbocycles. The predicted octanol–water partition coefficient (Wildman–Crippen LogP) is 1.87. The van der Waals surface area contributed by atoms with Crippen LogP contribution >= 0.6 is 11.6 Å². The number of halogens is 3. The van der Waals surface area contributed by atoms with E-state index in [-0.39, 0.29) is 6.42 Å². The second-order valence-corrected chi connectivity index (χ2v) is 3.11. The minimum atomic E-state index is -2.52. The van der Waals surface area contributed by atoms with Crippen LogP contribution in [0.25, 0.3) is 0 Å². The Morgan fingerprint density at radius 3 is 2.62 bits per heavy atom. The molecule has 1 aromatic rings. The molecule has 1 heterocycles. The maximum absolute atomic E-state index is 12.0. The summed E-state index contributed by atoms with van der Waals surface area (Å²) in [6.07, 6.45) is -1.04. The van der Waals surface area contributed by atoms with Crippen molar-refractivity contribution in [2.45, 2.75) is 18.9 Å². The van der Waals surface area contributed by atoms with E-state index >= 15 is 0 Å². The van der Waals surface area contributed by atoms with E-state index in [0.29, 0.717) is 10.7 Å². The lowest BCUT2D eigenvalue weighted by molar-refractivity contribution is 0.115. The summed E-state index contributed by atoms with van der Waals surface area (Å²) in [4.78, 5) is 3.86. The van der Waals surface area contributed by atoms with Crippen LogP contribution in [0.2, 0.25) is 5.02 Å². The van der Waals surface area contributed by atoms with E-state index < -0.39 is 12.5 Å². The smallest absolute Gasteiger partial charge is 0.253 e. The number of rotatable bonds is 3. The van der Waals surface area contributed by atoms with Crippen LogP contribution in [0, 0.1) is 0 Å². The largest absolute Gasteiger partial charge is 0.323 e. The van der Waals surface area contributed by atoms with E-state index in [9.17, 15) is 8.78 Å². The second-order valence-electron chi connectivity index (χ2n) is 2.67. The first-order valence-corrected chi connectivity index (χ1v) is 4.11. The van der Waals surface area contributed by atoms with Gasteiger partial charge in [0.15, 0.2) is 0 Å². The Balaban J connectivity index is 2.59. The fraction of sp³-hybridized carbons (Fsp3) is 0.375. The molecule has 1 unspecified atom stereocenters. The van der Waals surface area contributed by atoms with Gasteiger partial charge in [0.05, 0.1) is 11.1 Å². The molecule has 5 heteroatoms. The molecule has 0 saturated heterocycles. The third kappa shape index (κ3) is 3.24. The predicted molar refractivity (Wildman–Crippen MR) is 46.9 cm³/mol. The Bertz CT molecular complexity index is 263. The SMILES string of the molecule is NC(Cc1ccc(Cl)cn1)C(F)F. The minimum absolute atomic E-state index is 0.0643. The Morgan fingerprint density at radius 1 is 1.46 bits per heavy atom. The Labute approximate surface area is 79.7 Å². The summed E-state index contributed by atoms with van der Waals surface area (Å²) in [5.74, 6) is 0. The van der Waals surface area contributed by atoms with Gasteiger partial charge in [-0.3, -0.25) is 4.98 Å². The van der Waals surface area contributed by atoms with Crippen LogP contribution in [0.1, 0.15) is 5.69 Å². The summed E-state index contributed by atoms with van der Waals surface area (Å²) in [7, 11) is 0. The molecule has 1 rings (SSSR count). The number of hydrogen-bond donors (Lipinski definition) is 1. The molecule has 2 N–H and O–H groups in total. The molecule has 0 aliphatic carbocycles. The number of hydrogen-bond acceptors (Lipinski definition) is 2. The van der Waals surface area contributed by atoms with Gasteiger partial charge in [0.1, 0.15) is 0 Å². The van der Waals surface area contributed by atoms with Crippen LogP contribution in [0.5, 0.6) is 0 Å². The van der Waals surface area contributed by atoms with E-state index in [4.69, 9.17) is 17.3 Å². The van der Waals surface area contributed by atoms with Crippen LogP contribution in [0.15, 0.2) is 18.3 Å². The molecule has 0 spiro atoms. The minimum Gasteiger partial charge on any atom is -0.323 e. The van der Waals surface area contributed by atoms with Crippen molar-refractivity contribution in [1.82, 2.24) is 4.98 Å². The van der Waals surface area contributed by atoms with Gasteiger partial charge in [-0.1, -0.05) is 11.6 Å². The highest BCUT2D eigenvalue weighted by atomic mass is 35.5. The van der Waals surface area contributed by atoms with Crippen LogP contribution in [-0.2, 0) is 6.42 Å². The maximum Gasteiger partial charge on any atom is 0.253 e. The van der Waals surface area contributed by atoms with Gasteiger partial charge in [-0.2, -0.15) is 0 Å². The van der Waals surface area contributed by atoms with Crippen LogP contribution < -0.4 is 5.73 Å². The summed E-state index contributed by atoms with van der Waals surface area (Å²) in [5, 5.41) is 0.481. The summed E-state index contributed by atoms with van der Waals surface area (Å²) in [6, 6.07) is 2.03. The molecule has 1 aromatic heterocycles. The van der Waals surface area contributed by atoms with Gasteiger partial charge in [-0.15, -0.1) is 0 Å². The first-order chi connectivity index (χ1) is 6.09. The molecule has 0 bridgehead atoms. The van der Waals surface area contributed by atoms with Crippen molar-refractivity contribution >= 4 is 11.6 Å². The van der Waals surface area contributed by atoms with E-state index in [0.717, 1.165) is 0 Å². The molecule has 0 amide bonds. The van der Waals surface area contributed by atoms with Crippen LogP contribution in [-0.4, -0.2) is 17.5 Å². The quantitative estimate of drug-likeness (QED) is 0.820.